The number of carboxylic acid groups (broad SMARTS) is 1. The number of aromatic nitrogens is 1. The predicted octanol–water partition coefficient (Wildman–Crippen LogP) is 2.99. The summed E-state index contributed by atoms with van der Waals surface area (Å²) in [6, 6.07) is 8.11. The van der Waals surface area contributed by atoms with Crippen molar-refractivity contribution >= 4 is 12.0 Å². The zero-order valence-electron chi connectivity index (χ0n) is 9.38. The minimum Gasteiger partial charge on any atom is -0.478 e. The van der Waals surface area contributed by atoms with Crippen molar-refractivity contribution in [3.8, 4) is 11.1 Å². The van der Waals surface area contributed by atoms with Crippen LogP contribution in [0.25, 0.3) is 17.2 Å². The van der Waals surface area contributed by atoms with Gasteiger partial charge in [0.1, 0.15) is 5.82 Å². The summed E-state index contributed by atoms with van der Waals surface area (Å²) in [7, 11) is 0. The minimum absolute atomic E-state index is 0.256. The van der Waals surface area contributed by atoms with Crippen LogP contribution < -0.4 is 0 Å². The molecule has 90 valence electrons. The van der Waals surface area contributed by atoms with Crippen LogP contribution in [-0.2, 0) is 4.79 Å². The van der Waals surface area contributed by atoms with E-state index >= 15 is 0 Å². The number of benzene rings is 1. The molecule has 0 amide bonds. The Morgan fingerprint density at radius 3 is 2.61 bits per heavy atom. The summed E-state index contributed by atoms with van der Waals surface area (Å²) in [4.78, 5) is 14.4. The van der Waals surface area contributed by atoms with Gasteiger partial charge >= 0.3 is 5.97 Å². The second-order valence-electron chi connectivity index (χ2n) is 3.61. The Hall–Kier alpha value is -2.49. The lowest BCUT2D eigenvalue weighted by Gasteiger charge is -2.06. The molecule has 3 nitrogen and oxygen atoms in total. The molecule has 0 saturated heterocycles. The molecule has 0 aliphatic carbocycles. The summed E-state index contributed by atoms with van der Waals surface area (Å²) in [5.41, 5.74) is 1.68. The van der Waals surface area contributed by atoms with Gasteiger partial charge < -0.3 is 5.11 Å². The molecule has 0 atom stereocenters. The van der Waals surface area contributed by atoms with Crippen LogP contribution in [0, 0.1) is 5.82 Å². The second-order valence-corrected chi connectivity index (χ2v) is 3.61. The van der Waals surface area contributed by atoms with Crippen molar-refractivity contribution < 1.29 is 14.3 Å². The molecule has 0 spiro atoms. The first-order valence-electron chi connectivity index (χ1n) is 5.28. The normalized spacial score (nSPS) is 10.7. The van der Waals surface area contributed by atoms with Gasteiger partial charge in [0, 0.05) is 24.0 Å². The largest absolute Gasteiger partial charge is 0.478 e. The van der Waals surface area contributed by atoms with Crippen molar-refractivity contribution in [3.63, 3.8) is 0 Å². The van der Waals surface area contributed by atoms with Crippen LogP contribution in [-0.4, -0.2) is 16.1 Å². The number of pyridine rings is 1. The lowest BCUT2D eigenvalue weighted by Crippen LogP contribution is -1.91. The van der Waals surface area contributed by atoms with Crippen LogP contribution in [0.5, 0.6) is 0 Å². The molecule has 1 N–H and O–H groups in total. The summed E-state index contributed by atoms with van der Waals surface area (Å²) < 4.78 is 13.7. The van der Waals surface area contributed by atoms with Crippen LogP contribution in [0.15, 0.2) is 48.8 Å². The lowest BCUT2D eigenvalue weighted by atomic mass is 10.00. The number of nitrogens with zero attached hydrogens (tertiary/aromatic N) is 1. The van der Waals surface area contributed by atoms with Gasteiger partial charge in [-0.3, -0.25) is 4.98 Å². The van der Waals surface area contributed by atoms with E-state index in [1.54, 1.807) is 36.7 Å². The third-order valence-corrected chi connectivity index (χ3v) is 2.44. The number of halogens is 1. The Morgan fingerprint density at radius 2 is 1.94 bits per heavy atom. The molecule has 0 radical (unpaired) electrons. The van der Waals surface area contributed by atoms with Crippen LogP contribution in [0.3, 0.4) is 0 Å². The summed E-state index contributed by atoms with van der Waals surface area (Å²) in [6.07, 6.45) is 5.38. The molecule has 0 aliphatic heterocycles. The van der Waals surface area contributed by atoms with Crippen LogP contribution >= 0.6 is 0 Å². The standard InChI is InChI=1S/C14H10FNO2/c15-13-3-1-2-11(10-6-8-16-9-7-10)12(13)4-5-14(17)18/h1-9H,(H,17,18). The third-order valence-electron chi connectivity index (χ3n) is 2.44. The predicted molar refractivity (Wildman–Crippen MR) is 66.3 cm³/mol. The van der Waals surface area contributed by atoms with E-state index < -0.39 is 11.8 Å². The fourth-order valence-electron chi connectivity index (χ4n) is 1.64. The highest BCUT2D eigenvalue weighted by Gasteiger charge is 2.07. The van der Waals surface area contributed by atoms with Gasteiger partial charge in [0.2, 0.25) is 0 Å². The van der Waals surface area contributed by atoms with E-state index in [2.05, 4.69) is 4.98 Å². The molecule has 1 heterocycles. The van der Waals surface area contributed by atoms with Crippen molar-refractivity contribution in [2.24, 2.45) is 0 Å². The van der Waals surface area contributed by atoms with Crippen LogP contribution in [0.1, 0.15) is 5.56 Å². The van der Waals surface area contributed by atoms with Gasteiger partial charge in [0.15, 0.2) is 0 Å². The number of carboxylic acids is 1. The average Bonchev–Trinajstić information content (AvgIpc) is 2.38. The molecule has 0 unspecified atom stereocenters. The van der Waals surface area contributed by atoms with E-state index in [-0.39, 0.29) is 5.56 Å². The van der Waals surface area contributed by atoms with Gasteiger partial charge in [-0.15, -0.1) is 0 Å². The Balaban J connectivity index is 2.54. The first-order chi connectivity index (χ1) is 8.68. The molecule has 0 aliphatic rings. The highest BCUT2D eigenvalue weighted by molar-refractivity contribution is 5.87. The van der Waals surface area contributed by atoms with E-state index in [0.29, 0.717) is 5.56 Å². The molecule has 1 aromatic carbocycles. The number of hydrogen-bond acceptors (Lipinski definition) is 2. The van der Waals surface area contributed by atoms with Crippen molar-refractivity contribution in [2.75, 3.05) is 0 Å². The van der Waals surface area contributed by atoms with E-state index in [0.717, 1.165) is 11.6 Å². The van der Waals surface area contributed by atoms with Gasteiger partial charge in [0.05, 0.1) is 0 Å². The number of rotatable bonds is 3. The zero-order valence-corrected chi connectivity index (χ0v) is 9.38. The molecule has 2 aromatic rings. The van der Waals surface area contributed by atoms with Crippen LogP contribution in [0.2, 0.25) is 0 Å². The van der Waals surface area contributed by atoms with Crippen molar-refractivity contribution in [3.05, 3.63) is 60.2 Å². The summed E-state index contributed by atoms with van der Waals surface area (Å²) in [6.45, 7) is 0. The van der Waals surface area contributed by atoms with Crippen LogP contribution in [0.4, 0.5) is 4.39 Å². The van der Waals surface area contributed by atoms with E-state index in [9.17, 15) is 9.18 Å². The maximum absolute atomic E-state index is 13.7. The zero-order chi connectivity index (χ0) is 13.0. The molecule has 0 saturated carbocycles. The minimum atomic E-state index is -1.11. The maximum atomic E-state index is 13.7. The van der Waals surface area contributed by atoms with Gasteiger partial charge in [-0.05, 0) is 35.4 Å². The van der Waals surface area contributed by atoms with Crippen molar-refractivity contribution in [1.82, 2.24) is 4.98 Å². The molecule has 4 heteroatoms. The summed E-state index contributed by atoms with van der Waals surface area (Å²) >= 11 is 0. The fraction of sp³-hybridized carbons (Fsp3) is 0. The second kappa shape index (κ2) is 5.23. The average molecular weight is 243 g/mol. The quantitative estimate of drug-likeness (QED) is 0.843. The Kier molecular flexibility index (Phi) is 3.48. The monoisotopic (exact) mass is 243 g/mol. The first kappa shape index (κ1) is 12.0. The van der Waals surface area contributed by atoms with Gasteiger partial charge in [-0.1, -0.05) is 12.1 Å². The SMILES string of the molecule is O=C(O)C=Cc1c(F)cccc1-c1ccncc1. The molecule has 1 aromatic heterocycles. The van der Waals surface area contributed by atoms with E-state index in [1.165, 1.54) is 12.1 Å². The number of carbonyl (C=O) groups is 1. The smallest absolute Gasteiger partial charge is 0.328 e. The van der Waals surface area contributed by atoms with Crippen molar-refractivity contribution in [2.45, 2.75) is 0 Å². The lowest BCUT2D eigenvalue weighted by molar-refractivity contribution is -0.131. The molecular weight excluding hydrogens is 233 g/mol. The molecule has 2 rings (SSSR count). The Morgan fingerprint density at radius 1 is 1.22 bits per heavy atom. The highest BCUT2D eigenvalue weighted by Crippen LogP contribution is 2.26. The fourth-order valence-corrected chi connectivity index (χ4v) is 1.64. The van der Waals surface area contributed by atoms with Gasteiger partial charge in [0.25, 0.3) is 0 Å². The molecule has 0 fully saturated rings. The summed E-state index contributed by atoms with van der Waals surface area (Å²) in [5, 5.41) is 8.61. The van der Waals surface area contributed by atoms with Gasteiger partial charge in [-0.2, -0.15) is 0 Å². The first-order valence-corrected chi connectivity index (χ1v) is 5.28. The highest BCUT2D eigenvalue weighted by atomic mass is 19.1. The molecule has 0 bridgehead atoms. The summed E-state index contributed by atoms with van der Waals surface area (Å²) in [5.74, 6) is -1.57. The third kappa shape index (κ3) is 2.60. The number of aliphatic carboxylic acids is 1. The van der Waals surface area contributed by atoms with Crippen molar-refractivity contribution in [1.29, 1.82) is 0 Å². The van der Waals surface area contributed by atoms with Gasteiger partial charge in [-0.25, -0.2) is 9.18 Å². The molecule has 18 heavy (non-hydrogen) atoms. The maximum Gasteiger partial charge on any atom is 0.328 e. The Labute approximate surface area is 103 Å². The van der Waals surface area contributed by atoms with E-state index in [4.69, 9.17) is 5.11 Å². The Bertz CT molecular complexity index is 594. The number of hydrogen-bond donors (Lipinski definition) is 1. The van der Waals surface area contributed by atoms with E-state index in [1.807, 2.05) is 0 Å². The topological polar surface area (TPSA) is 50.2 Å². The molecular formula is C14H10FNO2.